The van der Waals surface area contributed by atoms with Crippen LogP contribution in [0.3, 0.4) is 0 Å². The van der Waals surface area contributed by atoms with Crippen LogP contribution in [0.1, 0.15) is 37.3 Å². The molecule has 0 radical (unpaired) electrons. The number of hydrogen-bond donors (Lipinski definition) is 1. The van der Waals surface area contributed by atoms with E-state index in [2.05, 4.69) is 36.9 Å². The Hall–Kier alpha value is -1.09. The van der Waals surface area contributed by atoms with Crippen LogP contribution in [0.2, 0.25) is 0 Å². The number of anilines is 1. The maximum atomic E-state index is 5.85. The Morgan fingerprint density at radius 1 is 1.50 bits per heavy atom. The molecule has 1 atom stereocenters. The van der Waals surface area contributed by atoms with Gasteiger partial charge in [-0.1, -0.05) is 37.2 Å². The highest BCUT2D eigenvalue weighted by molar-refractivity contribution is 7.80. The van der Waals surface area contributed by atoms with Crippen LogP contribution in [-0.4, -0.2) is 18.1 Å². The van der Waals surface area contributed by atoms with Crippen molar-refractivity contribution in [2.24, 2.45) is 11.7 Å². The number of nitrogens with zero attached hydrogens (tertiary/aromatic N) is 1. The van der Waals surface area contributed by atoms with Crippen molar-refractivity contribution in [2.75, 3.05) is 18.0 Å². The minimum atomic E-state index is 0.507. The van der Waals surface area contributed by atoms with Crippen LogP contribution in [0.5, 0.6) is 0 Å². The van der Waals surface area contributed by atoms with Gasteiger partial charge >= 0.3 is 0 Å². The van der Waals surface area contributed by atoms with Crippen molar-refractivity contribution in [1.82, 2.24) is 0 Å². The van der Waals surface area contributed by atoms with Gasteiger partial charge in [0.2, 0.25) is 0 Å². The first-order valence-electron chi connectivity index (χ1n) is 6.77. The third-order valence-electron chi connectivity index (χ3n) is 3.74. The van der Waals surface area contributed by atoms with E-state index in [4.69, 9.17) is 18.0 Å². The summed E-state index contributed by atoms with van der Waals surface area (Å²) in [7, 11) is 0. The first-order chi connectivity index (χ1) is 8.61. The number of nitrogens with two attached hydrogens (primary N) is 1. The molecular weight excluding hydrogens is 240 g/mol. The van der Waals surface area contributed by atoms with Gasteiger partial charge < -0.3 is 10.6 Å². The van der Waals surface area contributed by atoms with Gasteiger partial charge in [0.1, 0.15) is 4.99 Å². The number of benzene rings is 1. The lowest BCUT2D eigenvalue weighted by Crippen LogP contribution is -2.23. The Balaban J connectivity index is 2.21. The van der Waals surface area contributed by atoms with Gasteiger partial charge in [-0.2, -0.15) is 0 Å². The van der Waals surface area contributed by atoms with Crippen LogP contribution in [0, 0.1) is 12.8 Å². The highest BCUT2D eigenvalue weighted by atomic mass is 32.1. The molecule has 0 amide bonds. The van der Waals surface area contributed by atoms with Crippen molar-refractivity contribution in [3.8, 4) is 0 Å². The van der Waals surface area contributed by atoms with Gasteiger partial charge in [-0.3, -0.25) is 0 Å². The maximum absolute atomic E-state index is 5.85. The Morgan fingerprint density at radius 2 is 2.28 bits per heavy atom. The largest absolute Gasteiger partial charge is 0.389 e. The van der Waals surface area contributed by atoms with Crippen molar-refractivity contribution in [3.05, 3.63) is 29.3 Å². The summed E-state index contributed by atoms with van der Waals surface area (Å²) in [5.74, 6) is 0.829. The second kappa shape index (κ2) is 5.70. The summed E-state index contributed by atoms with van der Waals surface area (Å²) in [6.45, 7) is 6.61. The standard InChI is InChI=1S/C15H22N2S/c1-3-4-12-7-8-17(10-12)14-6-5-11(2)9-13(14)15(16)18/h5-6,9,12H,3-4,7-8,10H2,1-2H3,(H2,16,18). The molecule has 0 aliphatic carbocycles. The number of thiocarbonyl (C=S) groups is 1. The van der Waals surface area contributed by atoms with Crippen LogP contribution in [0.15, 0.2) is 18.2 Å². The summed E-state index contributed by atoms with van der Waals surface area (Å²) < 4.78 is 0. The van der Waals surface area contributed by atoms with Crippen LogP contribution >= 0.6 is 12.2 Å². The van der Waals surface area contributed by atoms with Crippen LogP contribution < -0.4 is 10.6 Å². The fourth-order valence-corrected chi connectivity index (χ4v) is 2.98. The molecule has 3 heteroatoms. The molecule has 1 fully saturated rings. The Labute approximate surface area is 115 Å². The molecule has 2 rings (SSSR count). The molecule has 2 nitrogen and oxygen atoms in total. The summed E-state index contributed by atoms with van der Waals surface area (Å²) in [6, 6.07) is 6.41. The smallest absolute Gasteiger partial charge is 0.106 e. The van der Waals surface area contributed by atoms with E-state index in [1.54, 1.807) is 0 Å². The zero-order valence-electron chi connectivity index (χ0n) is 11.3. The molecule has 0 spiro atoms. The van der Waals surface area contributed by atoms with Gasteiger partial charge in [0.25, 0.3) is 0 Å². The zero-order chi connectivity index (χ0) is 13.1. The molecule has 1 aliphatic heterocycles. The lowest BCUT2D eigenvalue weighted by molar-refractivity contribution is 0.530. The SMILES string of the molecule is CCCC1CCN(c2ccc(C)cc2C(N)=S)C1. The number of hydrogen-bond acceptors (Lipinski definition) is 2. The second-order valence-corrected chi connectivity index (χ2v) is 5.71. The van der Waals surface area contributed by atoms with Crippen molar-refractivity contribution in [2.45, 2.75) is 33.1 Å². The molecule has 1 saturated heterocycles. The van der Waals surface area contributed by atoms with E-state index in [1.165, 1.54) is 30.5 Å². The van der Waals surface area contributed by atoms with Crippen LogP contribution in [0.25, 0.3) is 0 Å². The first kappa shape index (κ1) is 13.3. The van der Waals surface area contributed by atoms with Gasteiger partial charge in [0.15, 0.2) is 0 Å². The summed E-state index contributed by atoms with van der Waals surface area (Å²) in [5, 5.41) is 0. The predicted octanol–water partition coefficient (Wildman–Crippen LogP) is 3.26. The highest BCUT2D eigenvalue weighted by Crippen LogP contribution is 2.29. The Morgan fingerprint density at radius 3 is 2.94 bits per heavy atom. The van der Waals surface area contributed by atoms with E-state index in [-0.39, 0.29) is 0 Å². The molecule has 1 aromatic rings. The minimum absolute atomic E-state index is 0.507. The number of aryl methyl sites for hydroxylation is 1. The molecule has 0 bridgehead atoms. The Kier molecular flexibility index (Phi) is 4.23. The highest BCUT2D eigenvalue weighted by Gasteiger charge is 2.23. The summed E-state index contributed by atoms with van der Waals surface area (Å²) in [5.41, 5.74) is 9.31. The molecule has 1 heterocycles. The predicted molar refractivity (Wildman–Crippen MR) is 82.3 cm³/mol. The van der Waals surface area contributed by atoms with Gasteiger partial charge in [-0.15, -0.1) is 0 Å². The molecule has 0 aromatic heterocycles. The lowest BCUT2D eigenvalue weighted by atomic mass is 10.0. The molecular formula is C15H22N2S. The quantitative estimate of drug-likeness (QED) is 0.845. The Bertz CT molecular complexity index is 442. The second-order valence-electron chi connectivity index (χ2n) is 5.27. The monoisotopic (exact) mass is 262 g/mol. The molecule has 18 heavy (non-hydrogen) atoms. The lowest BCUT2D eigenvalue weighted by Gasteiger charge is -2.22. The fraction of sp³-hybridized carbons (Fsp3) is 0.533. The topological polar surface area (TPSA) is 29.3 Å². The fourth-order valence-electron chi connectivity index (χ4n) is 2.82. The van der Waals surface area contributed by atoms with E-state index >= 15 is 0 Å². The van der Waals surface area contributed by atoms with Crippen LogP contribution in [-0.2, 0) is 0 Å². The first-order valence-corrected chi connectivity index (χ1v) is 7.18. The number of rotatable bonds is 4. The van der Waals surface area contributed by atoms with Gasteiger partial charge in [-0.25, -0.2) is 0 Å². The van der Waals surface area contributed by atoms with E-state index < -0.39 is 0 Å². The van der Waals surface area contributed by atoms with E-state index in [0.29, 0.717) is 4.99 Å². The van der Waals surface area contributed by atoms with Gasteiger partial charge in [0, 0.05) is 24.3 Å². The molecule has 1 unspecified atom stereocenters. The molecule has 1 aliphatic rings. The molecule has 2 N–H and O–H groups in total. The van der Waals surface area contributed by atoms with Crippen molar-refractivity contribution >= 4 is 22.9 Å². The molecule has 98 valence electrons. The average Bonchev–Trinajstić information content (AvgIpc) is 2.78. The van der Waals surface area contributed by atoms with E-state index in [1.807, 2.05) is 0 Å². The van der Waals surface area contributed by atoms with Gasteiger partial charge in [-0.05, 0) is 37.8 Å². The van der Waals surface area contributed by atoms with Crippen molar-refractivity contribution < 1.29 is 0 Å². The summed E-state index contributed by atoms with van der Waals surface area (Å²) in [4.78, 5) is 2.95. The molecule has 0 saturated carbocycles. The van der Waals surface area contributed by atoms with Crippen molar-refractivity contribution in [3.63, 3.8) is 0 Å². The van der Waals surface area contributed by atoms with E-state index in [0.717, 1.165) is 24.6 Å². The summed E-state index contributed by atoms with van der Waals surface area (Å²) >= 11 is 5.18. The van der Waals surface area contributed by atoms with Gasteiger partial charge in [0.05, 0.1) is 0 Å². The van der Waals surface area contributed by atoms with E-state index in [9.17, 15) is 0 Å². The maximum Gasteiger partial charge on any atom is 0.106 e. The third-order valence-corrected chi connectivity index (χ3v) is 3.96. The van der Waals surface area contributed by atoms with Crippen LogP contribution in [0.4, 0.5) is 5.69 Å². The van der Waals surface area contributed by atoms with Crippen molar-refractivity contribution in [1.29, 1.82) is 0 Å². The third kappa shape index (κ3) is 2.83. The normalized spacial score (nSPS) is 19.2. The minimum Gasteiger partial charge on any atom is -0.389 e. The zero-order valence-corrected chi connectivity index (χ0v) is 12.1. The average molecular weight is 262 g/mol. The summed E-state index contributed by atoms with van der Waals surface area (Å²) in [6.07, 6.45) is 3.89. The molecule has 1 aromatic carbocycles.